The molecule has 70 valence electrons. The van der Waals surface area contributed by atoms with E-state index >= 15 is 0 Å². The largest absolute Gasteiger partial charge is 0.480 e. The molecular formula is C9H10O3S. The lowest BCUT2D eigenvalue weighted by molar-refractivity contribution is -0.162. The number of rotatable bonds is 2. The third-order valence-electron chi connectivity index (χ3n) is 2.40. The number of carboxylic acid groups (broad SMARTS) is 1. The molecule has 0 saturated carbocycles. The molecule has 1 aliphatic heterocycles. The van der Waals surface area contributed by atoms with Crippen molar-refractivity contribution in [1.82, 2.24) is 0 Å². The molecule has 0 atom stereocenters. The van der Waals surface area contributed by atoms with E-state index in [2.05, 4.69) is 0 Å². The summed E-state index contributed by atoms with van der Waals surface area (Å²) < 4.78 is 5.00. The summed E-state index contributed by atoms with van der Waals surface area (Å²) in [6, 6.07) is 1.95. The minimum absolute atomic E-state index is 0.309. The summed E-state index contributed by atoms with van der Waals surface area (Å²) in [5.41, 5.74) is 0.300. The van der Waals surface area contributed by atoms with Gasteiger partial charge in [-0.05, 0) is 23.9 Å². The van der Waals surface area contributed by atoms with Crippen molar-refractivity contribution in [1.29, 1.82) is 0 Å². The maximum atomic E-state index is 11.1. The zero-order valence-electron chi connectivity index (χ0n) is 7.24. The lowest BCUT2D eigenvalue weighted by Gasteiger charge is -2.37. The molecule has 1 aromatic heterocycles. The van der Waals surface area contributed by atoms with Crippen LogP contribution in [0.25, 0.3) is 0 Å². The van der Waals surface area contributed by atoms with Gasteiger partial charge < -0.3 is 9.84 Å². The number of aryl methyl sites for hydroxylation is 1. The Bertz CT molecular complexity index is 338. The number of ether oxygens (including phenoxy) is 1. The average molecular weight is 198 g/mol. The monoisotopic (exact) mass is 198 g/mol. The summed E-state index contributed by atoms with van der Waals surface area (Å²) in [5, 5.41) is 11.0. The van der Waals surface area contributed by atoms with E-state index in [0.717, 1.165) is 10.4 Å². The molecule has 1 aliphatic rings. The fourth-order valence-corrected chi connectivity index (χ4v) is 2.61. The smallest absolute Gasteiger partial charge is 0.319 e. The third kappa shape index (κ3) is 1.09. The van der Waals surface area contributed by atoms with Crippen LogP contribution in [0.1, 0.15) is 10.4 Å². The summed E-state index contributed by atoms with van der Waals surface area (Å²) >= 11 is 1.50. The first kappa shape index (κ1) is 8.72. The van der Waals surface area contributed by atoms with Crippen molar-refractivity contribution in [3.63, 3.8) is 0 Å². The van der Waals surface area contributed by atoms with E-state index < -0.39 is 11.4 Å². The minimum Gasteiger partial charge on any atom is -0.480 e. The van der Waals surface area contributed by atoms with Gasteiger partial charge in [-0.25, -0.2) is 0 Å². The fourth-order valence-electron chi connectivity index (χ4n) is 1.52. The molecule has 3 nitrogen and oxygen atoms in total. The van der Waals surface area contributed by atoms with E-state index in [0.29, 0.717) is 13.2 Å². The Kier molecular flexibility index (Phi) is 1.89. The van der Waals surface area contributed by atoms with Crippen molar-refractivity contribution >= 4 is 17.3 Å². The Morgan fingerprint density at radius 2 is 2.38 bits per heavy atom. The predicted molar refractivity (Wildman–Crippen MR) is 49.2 cm³/mol. The zero-order chi connectivity index (χ0) is 9.47. The Balaban J connectivity index is 2.43. The molecule has 1 fully saturated rings. The summed E-state index contributed by atoms with van der Waals surface area (Å²) in [5.74, 6) is -0.774. The molecule has 0 spiro atoms. The van der Waals surface area contributed by atoms with Crippen LogP contribution in [0.3, 0.4) is 0 Å². The second-order valence-electron chi connectivity index (χ2n) is 3.31. The van der Waals surface area contributed by atoms with Crippen LogP contribution in [-0.2, 0) is 14.9 Å². The summed E-state index contributed by atoms with van der Waals surface area (Å²) in [6.07, 6.45) is 0. The number of carbonyl (C=O) groups is 1. The first-order valence-corrected chi connectivity index (χ1v) is 4.90. The Morgan fingerprint density at radius 3 is 2.69 bits per heavy atom. The van der Waals surface area contributed by atoms with Crippen LogP contribution in [0.4, 0.5) is 0 Å². The van der Waals surface area contributed by atoms with Gasteiger partial charge in [0.15, 0.2) is 0 Å². The van der Waals surface area contributed by atoms with Crippen LogP contribution in [0.5, 0.6) is 0 Å². The summed E-state index contributed by atoms with van der Waals surface area (Å²) in [6.45, 7) is 2.56. The van der Waals surface area contributed by atoms with Gasteiger partial charge in [0.05, 0.1) is 13.2 Å². The van der Waals surface area contributed by atoms with Crippen molar-refractivity contribution < 1.29 is 14.6 Å². The number of hydrogen-bond donors (Lipinski definition) is 1. The molecule has 0 aromatic carbocycles. The van der Waals surface area contributed by atoms with Gasteiger partial charge in [0.25, 0.3) is 0 Å². The number of hydrogen-bond acceptors (Lipinski definition) is 3. The molecule has 0 radical (unpaired) electrons. The molecule has 0 amide bonds. The highest BCUT2D eigenvalue weighted by molar-refractivity contribution is 7.10. The Hall–Kier alpha value is -0.870. The van der Waals surface area contributed by atoms with Crippen LogP contribution in [0.15, 0.2) is 11.4 Å². The van der Waals surface area contributed by atoms with E-state index in [1.165, 1.54) is 11.3 Å². The van der Waals surface area contributed by atoms with Gasteiger partial charge in [0.1, 0.15) is 5.41 Å². The molecule has 1 aromatic rings. The normalized spacial score (nSPS) is 19.5. The van der Waals surface area contributed by atoms with Crippen LogP contribution < -0.4 is 0 Å². The van der Waals surface area contributed by atoms with E-state index in [-0.39, 0.29) is 0 Å². The van der Waals surface area contributed by atoms with Crippen molar-refractivity contribution in [2.24, 2.45) is 0 Å². The van der Waals surface area contributed by atoms with Gasteiger partial charge >= 0.3 is 5.97 Å². The highest BCUT2D eigenvalue weighted by Crippen LogP contribution is 2.37. The van der Waals surface area contributed by atoms with Gasteiger partial charge in [-0.1, -0.05) is 0 Å². The van der Waals surface area contributed by atoms with Crippen LogP contribution in [-0.4, -0.2) is 24.3 Å². The quantitative estimate of drug-likeness (QED) is 0.781. The molecular weight excluding hydrogens is 188 g/mol. The molecule has 0 unspecified atom stereocenters. The highest BCUT2D eigenvalue weighted by Gasteiger charge is 2.49. The van der Waals surface area contributed by atoms with Crippen molar-refractivity contribution in [3.8, 4) is 0 Å². The minimum atomic E-state index is -0.774. The first-order chi connectivity index (χ1) is 6.17. The summed E-state index contributed by atoms with van der Waals surface area (Å²) in [4.78, 5) is 12.0. The highest BCUT2D eigenvalue weighted by atomic mass is 32.1. The lowest BCUT2D eigenvalue weighted by atomic mass is 9.83. The van der Waals surface area contributed by atoms with Crippen LogP contribution in [0, 0.1) is 6.92 Å². The van der Waals surface area contributed by atoms with E-state index in [4.69, 9.17) is 9.84 Å². The SMILES string of the molecule is Cc1ccsc1C1(C(=O)O)COC1. The van der Waals surface area contributed by atoms with Gasteiger partial charge in [-0.2, -0.15) is 0 Å². The van der Waals surface area contributed by atoms with Gasteiger partial charge in [0, 0.05) is 4.88 Å². The number of thiophene rings is 1. The Labute approximate surface area is 80.0 Å². The number of aliphatic carboxylic acids is 1. The van der Waals surface area contributed by atoms with Gasteiger partial charge in [-0.15, -0.1) is 11.3 Å². The molecule has 0 aliphatic carbocycles. The average Bonchev–Trinajstić information content (AvgIpc) is 2.34. The van der Waals surface area contributed by atoms with E-state index in [9.17, 15) is 4.79 Å². The summed E-state index contributed by atoms with van der Waals surface area (Å²) in [7, 11) is 0. The topological polar surface area (TPSA) is 46.5 Å². The van der Waals surface area contributed by atoms with E-state index in [1.807, 2.05) is 18.4 Å². The van der Waals surface area contributed by atoms with Crippen molar-refractivity contribution in [2.45, 2.75) is 12.3 Å². The molecule has 1 saturated heterocycles. The second kappa shape index (κ2) is 2.82. The van der Waals surface area contributed by atoms with Crippen molar-refractivity contribution in [3.05, 3.63) is 21.9 Å². The third-order valence-corrected chi connectivity index (χ3v) is 3.62. The molecule has 1 N–H and O–H groups in total. The lowest BCUT2D eigenvalue weighted by Crippen LogP contribution is -2.52. The number of carboxylic acids is 1. The first-order valence-electron chi connectivity index (χ1n) is 4.02. The maximum Gasteiger partial charge on any atom is 0.319 e. The standard InChI is InChI=1S/C9H10O3S/c1-6-2-3-13-7(6)9(8(10)11)4-12-5-9/h2-3H,4-5H2,1H3,(H,10,11). The molecule has 13 heavy (non-hydrogen) atoms. The second-order valence-corrected chi connectivity index (χ2v) is 4.23. The Morgan fingerprint density at radius 1 is 1.69 bits per heavy atom. The molecule has 2 rings (SSSR count). The fraction of sp³-hybridized carbons (Fsp3) is 0.444. The predicted octanol–water partition coefficient (Wildman–Crippen LogP) is 1.41. The molecule has 0 bridgehead atoms. The molecule has 4 heteroatoms. The van der Waals surface area contributed by atoms with Crippen molar-refractivity contribution in [2.75, 3.05) is 13.2 Å². The van der Waals surface area contributed by atoms with Crippen LogP contribution >= 0.6 is 11.3 Å². The van der Waals surface area contributed by atoms with Gasteiger partial charge in [0.2, 0.25) is 0 Å². The zero-order valence-corrected chi connectivity index (χ0v) is 8.06. The van der Waals surface area contributed by atoms with Gasteiger partial charge in [-0.3, -0.25) is 4.79 Å². The van der Waals surface area contributed by atoms with Crippen LogP contribution in [0.2, 0.25) is 0 Å². The molecule has 2 heterocycles. The maximum absolute atomic E-state index is 11.1. The van der Waals surface area contributed by atoms with E-state index in [1.54, 1.807) is 0 Å².